The Morgan fingerprint density at radius 3 is 2.32 bits per heavy atom. The van der Waals surface area contributed by atoms with Gasteiger partial charge in [-0.3, -0.25) is 0 Å². The van der Waals surface area contributed by atoms with Gasteiger partial charge in [-0.2, -0.15) is 0 Å². The van der Waals surface area contributed by atoms with Gasteiger partial charge in [0.25, 0.3) is 0 Å². The summed E-state index contributed by atoms with van der Waals surface area (Å²) in [6.45, 7) is 13.3. The summed E-state index contributed by atoms with van der Waals surface area (Å²) in [5.41, 5.74) is -0.692. The normalized spacial score (nSPS) is 24.9. The molecular formula is C14H28N2O3. The first-order valence-electron chi connectivity index (χ1n) is 6.95. The van der Waals surface area contributed by atoms with E-state index in [0.29, 0.717) is 6.54 Å². The van der Waals surface area contributed by atoms with Crippen LogP contribution in [0, 0.1) is 0 Å². The summed E-state index contributed by atoms with van der Waals surface area (Å²) in [4.78, 5) is 11.8. The topological polar surface area (TPSA) is 59.6 Å². The molecule has 1 rings (SSSR count). The molecule has 1 saturated heterocycles. The molecule has 0 saturated carbocycles. The Bertz CT molecular complexity index is 305. The molecule has 112 valence electrons. The minimum Gasteiger partial charge on any atom is -0.444 e. The predicted octanol–water partition coefficient (Wildman–Crippen LogP) is 2.06. The fourth-order valence-electron chi connectivity index (χ4n) is 2.03. The van der Waals surface area contributed by atoms with Crippen LogP contribution in [0.1, 0.15) is 48.0 Å². The number of rotatable bonds is 2. The van der Waals surface area contributed by atoms with Gasteiger partial charge in [0.1, 0.15) is 5.60 Å². The Labute approximate surface area is 116 Å². The quantitative estimate of drug-likeness (QED) is 0.808. The van der Waals surface area contributed by atoms with E-state index in [4.69, 9.17) is 9.47 Å². The second-order valence-electron chi connectivity index (χ2n) is 7.01. The van der Waals surface area contributed by atoms with Gasteiger partial charge in [-0.1, -0.05) is 0 Å². The van der Waals surface area contributed by atoms with E-state index in [1.54, 1.807) is 0 Å². The highest BCUT2D eigenvalue weighted by atomic mass is 16.6. The van der Waals surface area contributed by atoms with E-state index in [1.807, 2.05) is 41.5 Å². The highest BCUT2D eigenvalue weighted by Gasteiger charge is 2.31. The van der Waals surface area contributed by atoms with Gasteiger partial charge >= 0.3 is 6.09 Å². The Kier molecular flexibility index (Phi) is 5.21. The zero-order valence-electron chi connectivity index (χ0n) is 13.0. The maximum atomic E-state index is 11.8. The van der Waals surface area contributed by atoms with Crippen molar-refractivity contribution >= 4 is 6.09 Å². The smallest absolute Gasteiger partial charge is 0.408 e. The van der Waals surface area contributed by atoms with Crippen LogP contribution in [0.3, 0.4) is 0 Å². The lowest BCUT2D eigenvalue weighted by atomic mass is 10.0. The molecule has 0 spiro atoms. The summed E-state index contributed by atoms with van der Waals surface area (Å²) in [5.74, 6) is 0. The minimum atomic E-state index is -0.480. The summed E-state index contributed by atoms with van der Waals surface area (Å²) >= 11 is 0. The molecule has 2 N–H and O–H groups in total. The van der Waals surface area contributed by atoms with Gasteiger partial charge < -0.3 is 20.1 Å². The zero-order valence-corrected chi connectivity index (χ0v) is 13.0. The SMILES string of the molecule is CC(C)(C)OC(=O)N[C@H]1CNCC[C@@H]1OC(C)(C)C. The van der Waals surface area contributed by atoms with E-state index in [9.17, 15) is 4.79 Å². The van der Waals surface area contributed by atoms with Gasteiger partial charge in [0.15, 0.2) is 0 Å². The van der Waals surface area contributed by atoms with Crippen molar-refractivity contribution < 1.29 is 14.3 Å². The first-order valence-corrected chi connectivity index (χ1v) is 6.95. The van der Waals surface area contributed by atoms with Crippen molar-refractivity contribution in [1.82, 2.24) is 10.6 Å². The summed E-state index contributed by atoms with van der Waals surface area (Å²) in [7, 11) is 0. The van der Waals surface area contributed by atoms with Crippen molar-refractivity contribution in [2.24, 2.45) is 0 Å². The van der Waals surface area contributed by atoms with E-state index in [2.05, 4.69) is 10.6 Å². The molecule has 1 aliphatic heterocycles. The third-order valence-corrected chi connectivity index (χ3v) is 2.63. The molecule has 5 heteroatoms. The average molecular weight is 272 g/mol. The number of ether oxygens (including phenoxy) is 2. The van der Waals surface area contributed by atoms with E-state index in [1.165, 1.54) is 0 Å². The number of amides is 1. The highest BCUT2D eigenvalue weighted by molar-refractivity contribution is 5.68. The molecule has 0 radical (unpaired) electrons. The second-order valence-corrected chi connectivity index (χ2v) is 7.01. The molecule has 5 nitrogen and oxygen atoms in total. The molecule has 2 atom stereocenters. The van der Waals surface area contributed by atoms with Crippen molar-refractivity contribution in [3.63, 3.8) is 0 Å². The minimum absolute atomic E-state index is 0.0220. The Morgan fingerprint density at radius 2 is 1.79 bits per heavy atom. The van der Waals surface area contributed by atoms with Crippen LogP contribution < -0.4 is 10.6 Å². The number of hydrogen-bond donors (Lipinski definition) is 2. The molecule has 0 aliphatic carbocycles. The third-order valence-electron chi connectivity index (χ3n) is 2.63. The van der Waals surface area contributed by atoms with Crippen LogP contribution in [0.5, 0.6) is 0 Å². The number of carbonyl (C=O) groups is 1. The lowest BCUT2D eigenvalue weighted by molar-refractivity contribution is -0.0840. The molecule has 0 bridgehead atoms. The molecule has 1 aliphatic rings. The van der Waals surface area contributed by atoms with Crippen LogP contribution in [0.15, 0.2) is 0 Å². The number of carbonyl (C=O) groups excluding carboxylic acids is 1. The molecule has 0 unspecified atom stereocenters. The van der Waals surface area contributed by atoms with Crippen LogP contribution >= 0.6 is 0 Å². The Morgan fingerprint density at radius 1 is 1.16 bits per heavy atom. The van der Waals surface area contributed by atoms with Crippen LogP contribution in [0.4, 0.5) is 4.79 Å². The molecular weight excluding hydrogens is 244 g/mol. The van der Waals surface area contributed by atoms with Crippen LogP contribution in [0.25, 0.3) is 0 Å². The Hall–Kier alpha value is -0.810. The summed E-state index contributed by atoms with van der Waals surface area (Å²) in [6.07, 6.45) is 0.523. The van der Waals surface area contributed by atoms with Gasteiger partial charge in [0.2, 0.25) is 0 Å². The largest absolute Gasteiger partial charge is 0.444 e. The van der Waals surface area contributed by atoms with Gasteiger partial charge in [-0.05, 0) is 54.5 Å². The molecule has 1 heterocycles. The van der Waals surface area contributed by atoms with Gasteiger partial charge in [-0.15, -0.1) is 0 Å². The molecule has 1 fully saturated rings. The maximum Gasteiger partial charge on any atom is 0.408 e. The molecule has 1 amide bonds. The third kappa shape index (κ3) is 6.78. The standard InChI is InChI=1S/C14H28N2O3/c1-13(2,3)18-11-7-8-15-9-10(11)16-12(17)19-14(4,5)6/h10-11,15H,7-9H2,1-6H3,(H,16,17)/t10-,11-/m0/s1. The fourth-order valence-corrected chi connectivity index (χ4v) is 2.03. The van der Waals surface area contributed by atoms with Crippen LogP contribution in [-0.2, 0) is 9.47 Å². The predicted molar refractivity (Wildman–Crippen MR) is 75.3 cm³/mol. The van der Waals surface area contributed by atoms with Gasteiger partial charge in [0.05, 0.1) is 17.7 Å². The molecule has 0 aromatic carbocycles. The highest BCUT2D eigenvalue weighted by Crippen LogP contribution is 2.18. The van der Waals surface area contributed by atoms with E-state index < -0.39 is 5.60 Å². The average Bonchev–Trinajstić information content (AvgIpc) is 2.15. The second kappa shape index (κ2) is 6.09. The van der Waals surface area contributed by atoms with Crippen molar-refractivity contribution in [2.45, 2.75) is 71.3 Å². The zero-order chi connectivity index (χ0) is 14.7. The summed E-state index contributed by atoms with van der Waals surface area (Å²) in [6, 6.07) is -0.0529. The Balaban J connectivity index is 2.55. The molecule has 0 aromatic rings. The van der Waals surface area contributed by atoms with Crippen LogP contribution in [-0.4, -0.2) is 42.5 Å². The summed E-state index contributed by atoms with van der Waals surface area (Å²) < 4.78 is 11.3. The van der Waals surface area contributed by atoms with Crippen molar-refractivity contribution in [3.8, 4) is 0 Å². The first kappa shape index (κ1) is 16.2. The maximum absolute atomic E-state index is 11.8. The van der Waals surface area contributed by atoms with E-state index in [-0.39, 0.29) is 23.8 Å². The lowest BCUT2D eigenvalue weighted by Crippen LogP contribution is -2.56. The van der Waals surface area contributed by atoms with Gasteiger partial charge in [-0.25, -0.2) is 4.79 Å². The van der Waals surface area contributed by atoms with E-state index >= 15 is 0 Å². The molecule has 19 heavy (non-hydrogen) atoms. The van der Waals surface area contributed by atoms with Gasteiger partial charge in [0, 0.05) is 6.54 Å². The number of alkyl carbamates (subject to hydrolysis) is 1. The first-order chi connectivity index (χ1) is 8.57. The number of nitrogens with one attached hydrogen (secondary N) is 2. The summed E-state index contributed by atoms with van der Waals surface area (Å²) in [5, 5.41) is 6.17. The fraction of sp³-hybridized carbons (Fsp3) is 0.929. The van der Waals surface area contributed by atoms with Crippen molar-refractivity contribution in [2.75, 3.05) is 13.1 Å². The monoisotopic (exact) mass is 272 g/mol. The van der Waals surface area contributed by atoms with Crippen molar-refractivity contribution in [1.29, 1.82) is 0 Å². The van der Waals surface area contributed by atoms with Crippen molar-refractivity contribution in [3.05, 3.63) is 0 Å². The van der Waals surface area contributed by atoms with E-state index in [0.717, 1.165) is 13.0 Å². The lowest BCUT2D eigenvalue weighted by Gasteiger charge is -2.37. The number of hydrogen-bond acceptors (Lipinski definition) is 4. The molecule has 0 aromatic heterocycles. The van der Waals surface area contributed by atoms with Crippen LogP contribution in [0.2, 0.25) is 0 Å². The number of piperidine rings is 1.